The lowest BCUT2D eigenvalue weighted by Crippen LogP contribution is -1.99. The van der Waals surface area contributed by atoms with Crippen molar-refractivity contribution >= 4 is 17.0 Å². The summed E-state index contributed by atoms with van der Waals surface area (Å²) >= 11 is 1.94. The summed E-state index contributed by atoms with van der Waals surface area (Å²) in [5.74, 6) is 0.735. The summed E-state index contributed by atoms with van der Waals surface area (Å²) in [6.07, 6.45) is 3.37. The highest BCUT2D eigenvalue weighted by atomic mass is 32.1. The summed E-state index contributed by atoms with van der Waals surface area (Å²) in [5, 5.41) is 0. The molecule has 0 N–H and O–H groups in total. The third-order valence-electron chi connectivity index (χ3n) is 2.70. The Hall–Kier alpha value is -0.630. The maximum Gasteiger partial charge on any atom is 0.0520 e. The van der Waals surface area contributed by atoms with Gasteiger partial charge in [0.25, 0.3) is 0 Å². The maximum absolute atomic E-state index is 4.71. The summed E-state index contributed by atoms with van der Waals surface area (Å²) in [5.41, 5.74) is 2.70. The highest BCUT2D eigenvalue weighted by molar-refractivity contribution is 7.14. The first-order valence-electron chi connectivity index (χ1n) is 6.71. The minimum atomic E-state index is 0.735. The van der Waals surface area contributed by atoms with E-state index in [0.717, 1.165) is 25.3 Å². The molecule has 0 bridgehead atoms. The van der Waals surface area contributed by atoms with E-state index in [1.807, 2.05) is 11.3 Å². The van der Waals surface area contributed by atoms with Gasteiger partial charge in [0.2, 0.25) is 0 Å². The van der Waals surface area contributed by atoms with Crippen LogP contribution in [-0.4, -0.2) is 12.3 Å². The van der Waals surface area contributed by atoms with Crippen molar-refractivity contribution in [1.29, 1.82) is 0 Å². The van der Waals surface area contributed by atoms with Gasteiger partial charge in [-0.2, -0.15) is 0 Å². The Morgan fingerprint density at radius 3 is 2.59 bits per heavy atom. The predicted molar refractivity (Wildman–Crippen MR) is 79.6 cm³/mol. The van der Waals surface area contributed by atoms with E-state index in [1.165, 1.54) is 27.5 Å². The summed E-state index contributed by atoms with van der Waals surface area (Å²) in [6.45, 7) is 12.1. The highest BCUT2D eigenvalue weighted by Crippen LogP contribution is 2.26. The fourth-order valence-electron chi connectivity index (χ4n) is 1.93. The molecule has 0 saturated heterocycles. The first-order valence-corrected chi connectivity index (χ1v) is 7.53. The van der Waals surface area contributed by atoms with Crippen LogP contribution >= 0.6 is 11.3 Å². The Morgan fingerprint density at radius 1 is 1.35 bits per heavy atom. The second-order valence-corrected chi connectivity index (χ2v) is 6.14. The predicted octanol–water partition coefficient (Wildman–Crippen LogP) is 4.86. The summed E-state index contributed by atoms with van der Waals surface area (Å²) in [7, 11) is 0. The van der Waals surface area contributed by atoms with Gasteiger partial charge in [-0.25, -0.2) is 0 Å². The van der Waals surface area contributed by atoms with Gasteiger partial charge in [-0.3, -0.25) is 4.99 Å². The van der Waals surface area contributed by atoms with Crippen LogP contribution in [0.2, 0.25) is 0 Å². The van der Waals surface area contributed by atoms with Crippen LogP contribution in [0.15, 0.2) is 11.1 Å². The second-order valence-electron chi connectivity index (χ2n) is 5.00. The van der Waals surface area contributed by atoms with Crippen LogP contribution < -0.4 is 0 Å². The van der Waals surface area contributed by atoms with Crippen molar-refractivity contribution in [1.82, 2.24) is 0 Å². The van der Waals surface area contributed by atoms with Crippen LogP contribution in [0.1, 0.15) is 55.9 Å². The van der Waals surface area contributed by atoms with Gasteiger partial charge in [0.05, 0.1) is 10.6 Å². The Kier molecular flexibility index (Phi) is 5.90. The van der Waals surface area contributed by atoms with Gasteiger partial charge >= 0.3 is 0 Å². The van der Waals surface area contributed by atoms with Crippen molar-refractivity contribution in [3.05, 3.63) is 21.4 Å². The Labute approximate surface area is 110 Å². The van der Waals surface area contributed by atoms with Crippen molar-refractivity contribution in [2.75, 3.05) is 6.54 Å². The minimum absolute atomic E-state index is 0.735. The van der Waals surface area contributed by atoms with Gasteiger partial charge in [-0.15, -0.1) is 11.3 Å². The van der Waals surface area contributed by atoms with E-state index < -0.39 is 0 Å². The quantitative estimate of drug-likeness (QED) is 0.640. The molecule has 0 unspecified atom stereocenters. The molecule has 0 fully saturated rings. The number of nitrogens with zero attached hydrogens (tertiary/aromatic N) is 1. The average Bonchev–Trinajstić information content (AvgIpc) is 2.60. The molecule has 0 aliphatic rings. The fraction of sp³-hybridized carbons (Fsp3) is 0.667. The van der Waals surface area contributed by atoms with Gasteiger partial charge in [-0.1, -0.05) is 27.7 Å². The standard InChI is InChI=1S/C15H25NS/c1-6-8-16-14(7-2)15-12(5)10-13(17-15)9-11(3)4/h10-11H,6-9H2,1-5H3. The van der Waals surface area contributed by atoms with E-state index in [9.17, 15) is 0 Å². The number of aliphatic imine (C=N–C) groups is 1. The van der Waals surface area contributed by atoms with Crippen LogP contribution in [0, 0.1) is 12.8 Å². The number of aryl methyl sites for hydroxylation is 1. The van der Waals surface area contributed by atoms with Gasteiger partial charge < -0.3 is 0 Å². The molecule has 0 amide bonds. The van der Waals surface area contributed by atoms with Crippen LogP contribution in [0.25, 0.3) is 0 Å². The van der Waals surface area contributed by atoms with Crippen LogP contribution in [-0.2, 0) is 6.42 Å². The zero-order valence-electron chi connectivity index (χ0n) is 11.8. The summed E-state index contributed by atoms with van der Waals surface area (Å²) < 4.78 is 0. The van der Waals surface area contributed by atoms with Crippen LogP contribution in [0.5, 0.6) is 0 Å². The van der Waals surface area contributed by atoms with Crippen molar-refractivity contribution in [3.8, 4) is 0 Å². The molecule has 1 nitrogen and oxygen atoms in total. The molecule has 0 aliphatic heterocycles. The lowest BCUT2D eigenvalue weighted by atomic mass is 10.1. The number of thiophene rings is 1. The van der Waals surface area contributed by atoms with Crippen molar-refractivity contribution < 1.29 is 0 Å². The monoisotopic (exact) mass is 251 g/mol. The summed E-state index contributed by atoms with van der Waals surface area (Å²) in [4.78, 5) is 7.63. The lowest BCUT2D eigenvalue weighted by Gasteiger charge is -2.02. The Bertz CT molecular complexity index is 374. The summed E-state index contributed by atoms with van der Waals surface area (Å²) in [6, 6.07) is 2.34. The van der Waals surface area contributed by atoms with Crippen molar-refractivity contribution in [2.45, 2.75) is 53.9 Å². The molecule has 0 aromatic carbocycles. The van der Waals surface area contributed by atoms with Gasteiger partial charge in [-0.05, 0) is 43.7 Å². The molecule has 2 heteroatoms. The van der Waals surface area contributed by atoms with Gasteiger partial charge in [0, 0.05) is 11.4 Å². The van der Waals surface area contributed by atoms with E-state index in [1.54, 1.807) is 0 Å². The zero-order valence-corrected chi connectivity index (χ0v) is 12.7. The van der Waals surface area contributed by atoms with E-state index in [2.05, 4.69) is 40.7 Å². The van der Waals surface area contributed by atoms with E-state index in [0.29, 0.717) is 0 Å². The molecule has 1 aromatic heterocycles. The second kappa shape index (κ2) is 6.95. The first kappa shape index (κ1) is 14.4. The number of rotatable bonds is 6. The maximum atomic E-state index is 4.71. The largest absolute Gasteiger partial charge is 0.288 e. The molecule has 0 radical (unpaired) electrons. The van der Waals surface area contributed by atoms with Crippen molar-refractivity contribution in [3.63, 3.8) is 0 Å². The molecule has 1 aromatic rings. The Balaban J connectivity index is 2.92. The molecule has 0 atom stereocenters. The smallest absolute Gasteiger partial charge is 0.0520 e. The third kappa shape index (κ3) is 4.27. The average molecular weight is 251 g/mol. The highest BCUT2D eigenvalue weighted by Gasteiger charge is 2.11. The van der Waals surface area contributed by atoms with E-state index in [4.69, 9.17) is 4.99 Å². The minimum Gasteiger partial charge on any atom is -0.288 e. The van der Waals surface area contributed by atoms with Gasteiger partial charge in [0.1, 0.15) is 0 Å². The van der Waals surface area contributed by atoms with Crippen LogP contribution in [0.3, 0.4) is 0 Å². The number of hydrogen-bond acceptors (Lipinski definition) is 2. The Morgan fingerprint density at radius 2 is 2.06 bits per heavy atom. The van der Waals surface area contributed by atoms with Crippen LogP contribution in [0.4, 0.5) is 0 Å². The molecule has 0 aliphatic carbocycles. The fourth-order valence-corrected chi connectivity index (χ4v) is 3.39. The number of hydrogen-bond donors (Lipinski definition) is 0. The zero-order chi connectivity index (χ0) is 12.8. The first-order chi connectivity index (χ1) is 8.08. The normalized spacial score (nSPS) is 12.5. The lowest BCUT2D eigenvalue weighted by molar-refractivity contribution is 0.654. The van der Waals surface area contributed by atoms with Crippen molar-refractivity contribution in [2.24, 2.45) is 10.9 Å². The molecule has 1 heterocycles. The molecule has 17 heavy (non-hydrogen) atoms. The molecule has 0 saturated carbocycles. The van der Waals surface area contributed by atoms with E-state index >= 15 is 0 Å². The SMILES string of the molecule is CCCN=C(CC)c1sc(CC(C)C)cc1C. The third-order valence-corrected chi connectivity index (χ3v) is 4.01. The molecule has 1 rings (SSSR count). The molecule has 0 spiro atoms. The molecule has 96 valence electrons. The van der Waals surface area contributed by atoms with E-state index in [-0.39, 0.29) is 0 Å². The molecular formula is C15H25NS. The topological polar surface area (TPSA) is 12.4 Å². The molecular weight excluding hydrogens is 226 g/mol. The van der Waals surface area contributed by atoms with Gasteiger partial charge in [0.15, 0.2) is 0 Å².